The Balaban J connectivity index is 1.95. The molecule has 2 aromatic carbocycles. The number of aliphatic imine (C=N–C) groups is 1. The summed E-state index contributed by atoms with van der Waals surface area (Å²) in [6.45, 7) is 1.67. The number of hydrogen-bond donors (Lipinski definition) is 1. The third-order valence-electron chi connectivity index (χ3n) is 4.78. The molecule has 0 bridgehead atoms. The van der Waals surface area contributed by atoms with Gasteiger partial charge in [0.15, 0.2) is 9.84 Å². The maximum Gasteiger partial charge on any atom is 0.178 e. The maximum absolute atomic E-state index is 12.3. The van der Waals surface area contributed by atoms with E-state index < -0.39 is 9.84 Å². The monoisotopic (exact) mass is 364 g/mol. The van der Waals surface area contributed by atoms with Crippen LogP contribution in [0.3, 0.4) is 0 Å². The molecule has 0 unspecified atom stereocenters. The number of fused-ring (bicyclic) bond motifs is 3. The largest absolute Gasteiger partial charge is 0.339 e. The Bertz CT molecular complexity index is 1140. The van der Waals surface area contributed by atoms with Crippen LogP contribution in [0, 0.1) is 0 Å². The SMILES string of the molecule is CCS(=O)(=O)c1cccc(-c2cccc3[nH]c4c(c23)CCC=CC=N4)c1. The van der Waals surface area contributed by atoms with Crippen molar-refractivity contribution in [3.05, 3.63) is 60.2 Å². The number of rotatable bonds is 3. The summed E-state index contributed by atoms with van der Waals surface area (Å²) >= 11 is 0. The number of allylic oxidation sites excluding steroid dienone is 2. The van der Waals surface area contributed by atoms with Crippen molar-refractivity contribution >= 4 is 32.8 Å². The molecule has 1 aliphatic rings. The highest BCUT2D eigenvalue weighted by atomic mass is 32.2. The smallest absolute Gasteiger partial charge is 0.178 e. The second-order valence-corrected chi connectivity index (χ2v) is 8.63. The van der Waals surface area contributed by atoms with Gasteiger partial charge in [-0.1, -0.05) is 37.3 Å². The van der Waals surface area contributed by atoms with Crippen molar-refractivity contribution < 1.29 is 8.42 Å². The zero-order valence-corrected chi connectivity index (χ0v) is 15.4. The van der Waals surface area contributed by atoms with Crippen LogP contribution < -0.4 is 0 Å². The van der Waals surface area contributed by atoms with Crippen molar-refractivity contribution in [3.63, 3.8) is 0 Å². The van der Waals surface area contributed by atoms with E-state index in [0.29, 0.717) is 4.90 Å². The van der Waals surface area contributed by atoms with Crippen molar-refractivity contribution in [1.29, 1.82) is 0 Å². The van der Waals surface area contributed by atoms with Crippen molar-refractivity contribution in [1.82, 2.24) is 4.98 Å². The molecule has 0 atom stereocenters. The molecule has 0 saturated heterocycles. The summed E-state index contributed by atoms with van der Waals surface area (Å²) < 4.78 is 24.6. The van der Waals surface area contributed by atoms with E-state index in [9.17, 15) is 8.42 Å². The minimum atomic E-state index is -3.24. The molecule has 5 heteroatoms. The molecule has 2 heterocycles. The summed E-state index contributed by atoms with van der Waals surface area (Å²) in [7, 11) is -3.24. The number of benzene rings is 2. The Hall–Kier alpha value is -2.66. The summed E-state index contributed by atoms with van der Waals surface area (Å²) in [6.07, 6.45) is 7.73. The van der Waals surface area contributed by atoms with Crippen molar-refractivity contribution in [2.45, 2.75) is 24.7 Å². The van der Waals surface area contributed by atoms with Crippen LogP contribution in [0.1, 0.15) is 18.9 Å². The summed E-state index contributed by atoms with van der Waals surface area (Å²) in [5.41, 5.74) is 4.15. The van der Waals surface area contributed by atoms with Crippen LogP contribution in [0.5, 0.6) is 0 Å². The lowest BCUT2D eigenvalue weighted by Gasteiger charge is -2.09. The van der Waals surface area contributed by atoms with Gasteiger partial charge in [0.2, 0.25) is 0 Å². The van der Waals surface area contributed by atoms with Crippen LogP contribution in [0.4, 0.5) is 5.82 Å². The van der Waals surface area contributed by atoms with Crippen LogP contribution in [0.15, 0.2) is 64.5 Å². The first-order valence-electron chi connectivity index (χ1n) is 8.76. The lowest BCUT2D eigenvalue weighted by molar-refractivity contribution is 0.597. The quantitative estimate of drug-likeness (QED) is 0.723. The van der Waals surface area contributed by atoms with Crippen LogP contribution in [-0.2, 0) is 16.3 Å². The highest BCUT2D eigenvalue weighted by Gasteiger charge is 2.17. The molecule has 0 amide bonds. The summed E-state index contributed by atoms with van der Waals surface area (Å²) in [4.78, 5) is 8.29. The number of H-pyrrole nitrogens is 1. The molecule has 26 heavy (non-hydrogen) atoms. The first kappa shape index (κ1) is 16.8. The van der Waals surface area contributed by atoms with Gasteiger partial charge in [-0.15, -0.1) is 0 Å². The predicted molar refractivity (Wildman–Crippen MR) is 107 cm³/mol. The third-order valence-corrected chi connectivity index (χ3v) is 6.51. The zero-order chi connectivity index (χ0) is 18.1. The highest BCUT2D eigenvalue weighted by molar-refractivity contribution is 7.91. The van der Waals surface area contributed by atoms with E-state index >= 15 is 0 Å². The number of sulfone groups is 1. The predicted octanol–water partition coefficient (Wildman–Crippen LogP) is 4.83. The molecular formula is C21H20N2O2S. The minimum absolute atomic E-state index is 0.0985. The van der Waals surface area contributed by atoms with Crippen molar-refractivity contribution in [2.75, 3.05) is 5.75 Å². The molecule has 1 aliphatic heterocycles. The van der Waals surface area contributed by atoms with Crippen LogP contribution >= 0.6 is 0 Å². The molecule has 1 N–H and O–H groups in total. The topological polar surface area (TPSA) is 62.3 Å². The molecule has 0 fully saturated rings. The van der Waals surface area contributed by atoms with Crippen LogP contribution in [0.2, 0.25) is 0 Å². The van der Waals surface area contributed by atoms with E-state index in [1.54, 1.807) is 19.1 Å². The Morgan fingerprint density at radius 3 is 2.85 bits per heavy atom. The fourth-order valence-corrected chi connectivity index (χ4v) is 4.35. The second-order valence-electron chi connectivity index (χ2n) is 6.36. The van der Waals surface area contributed by atoms with Crippen molar-refractivity contribution in [2.24, 2.45) is 4.99 Å². The molecule has 0 radical (unpaired) electrons. The number of nitrogens with one attached hydrogen (secondary N) is 1. The van der Waals surface area contributed by atoms with E-state index in [-0.39, 0.29) is 5.75 Å². The van der Waals surface area contributed by atoms with Gasteiger partial charge >= 0.3 is 0 Å². The fraction of sp³-hybridized carbons (Fsp3) is 0.190. The van der Waals surface area contributed by atoms with Gasteiger partial charge in [0.05, 0.1) is 10.6 Å². The number of aromatic nitrogens is 1. The lowest BCUT2D eigenvalue weighted by atomic mass is 9.97. The van der Waals surface area contributed by atoms with Gasteiger partial charge in [0, 0.05) is 22.7 Å². The first-order chi connectivity index (χ1) is 12.6. The Labute approximate surface area is 153 Å². The number of aromatic amines is 1. The average Bonchev–Trinajstić information content (AvgIpc) is 2.98. The molecule has 4 rings (SSSR count). The Morgan fingerprint density at radius 2 is 2.00 bits per heavy atom. The molecule has 3 aromatic rings. The minimum Gasteiger partial charge on any atom is -0.339 e. The van der Waals surface area contributed by atoms with Crippen LogP contribution in [-0.4, -0.2) is 25.4 Å². The van der Waals surface area contributed by atoms with Gasteiger partial charge in [-0.05, 0) is 48.2 Å². The molecule has 1 aromatic heterocycles. The van der Waals surface area contributed by atoms with Gasteiger partial charge < -0.3 is 4.98 Å². The average molecular weight is 364 g/mol. The van der Waals surface area contributed by atoms with Crippen LogP contribution in [0.25, 0.3) is 22.0 Å². The lowest BCUT2D eigenvalue weighted by Crippen LogP contribution is -2.03. The van der Waals surface area contributed by atoms with E-state index in [1.165, 1.54) is 5.56 Å². The molecule has 0 spiro atoms. The summed E-state index contributed by atoms with van der Waals surface area (Å²) in [5.74, 6) is 0.982. The summed E-state index contributed by atoms with van der Waals surface area (Å²) in [5, 5.41) is 1.13. The van der Waals surface area contributed by atoms with Gasteiger partial charge in [0.1, 0.15) is 5.82 Å². The molecule has 0 aliphatic carbocycles. The molecule has 4 nitrogen and oxygen atoms in total. The van der Waals surface area contributed by atoms with Crippen molar-refractivity contribution in [3.8, 4) is 11.1 Å². The molecular weight excluding hydrogens is 344 g/mol. The maximum atomic E-state index is 12.3. The molecule has 0 saturated carbocycles. The Kier molecular flexibility index (Phi) is 4.24. The van der Waals surface area contributed by atoms with Gasteiger partial charge in [0.25, 0.3) is 0 Å². The molecule has 132 valence electrons. The number of nitrogens with zero attached hydrogens (tertiary/aromatic N) is 1. The third kappa shape index (κ3) is 2.88. The van der Waals surface area contributed by atoms with Gasteiger partial charge in [-0.3, -0.25) is 0 Å². The number of hydrogen-bond acceptors (Lipinski definition) is 3. The van der Waals surface area contributed by atoms with E-state index in [2.05, 4.69) is 16.1 Å². The highest BCUT2D eigenvalue weighted by Crippen LogP contribution is 2.37. The standard InChI is InChI=1S/C21H20N2O2S/c1-2-26(24,25)16-9-6-8-15(14-16)17-11-7-12-19-20(17)18-10-4-3-5-13-22-21(18)23-19/h3,5-9,11-14,23H,2,4,10H2,1H3. The van der Waals surface area contributed by atoms with Gasteiger partial charge in [-0.2, -0.15) is 0 Å². The Morgan fingerprint density at radius 1 is 1.15 bits per heavy atom. The normalized spacial score (nSPS) is 14.2. The van der Waals surface area contributed by atoms with Gasteiger partial charge in [-0.25, -0.2) is 13.4 Å². The first-order valence-corrected chi connectivity index (χ1v) is 10.4. The zero-order valence-electron chi connectivity index (χ0n) is 14.6. The summed E-state index contributed by atoms with van der Waals surface area (Å²) in [6, 6.07) is 13.3. The van der Waals surface area contributed by atoms with E-state index in [1.807, 2.05) is 42.6 Å². The van der Waals surface area contributed by atoms with E-state index in [4.69, 9.17) is 0 Å². The van der Waals surface area contributed by atoms with E-state index in [0.717, 1.165) is 40.7 Å². The fourth-order valence-electron chi connectivity index (χ4n) is 3.42. The second kappa shape index (κ2) is 6.57. The number of aryl methyl sites for hydroxylation is 1.